The minimum absolute atomic E-state index is 0.0848. The van der Waals surface area contributed by atoms with Gasteiger partial charge in [0, 0.05) is 26.2 Å². The minimum atomic E-state index is -1.22. The maximum Gasteiger partial charge on any atom is 0.239 e. The Balaban J connectivity index is 1.13. The molecule has 1 atom stereocenters. The summed E-state index contributed by atoms with van der Waals surface area (Å²) in [7, 11) is 4.31. The van der Waals surface area contributed by atoms with Crippen LogP contribution in [0.4, 0.5) is 0 Å². The highest BCUT2D eigenvalue weighted by molar-refractivity contribution is 6.71. The van der Waals surface area contributed by atoms with Gasteiger partial charge in [-0.25, -0.2) is 0 Å². The third-order valence-corrected chi connectivity index (χ3v) is 16.9. The van der Waals surface area contributed by atoms with Crippen LogP contribution in [0.25, 0.3) is 162 Å². The van der Waals surface area contributed by atoms with Gasteiger partial charge in [-0.3, -0.25) is 10.1 Å². The lowest BCUT2D eigenvalue weighted by Crippen LogP contribution is -2.52. The number of fused-ring (bicyclic) bond motifs is 10. The van der Waals surface area contributed by atoms with Crippen LogP contribution in [0.2, 0.25) is 0 Å². The summed E-state index contributed by atoms with van der Waals surface area (Å²) in [5, 5.41) is 61.1. The molecule has 6 heteroatoms. The first-order valence-electron chi connectivity index (χ1n) is 21.3. The van der Waals surface area contributed by atoms with Gasteiger partial charge in [-0.15, -0.1) is 0 Å². The minimum Gasteiger partial charge on any atom is -0.377 e. The average Bonchev–Trinajstić information content (AvgIpc) is 3.80. The Morgan fingerprint density at radius 2 is 0.759 bits per heavy atom. The zero-order chi connectivity index (χ0) is 37.3. The van der Waals surface area contributed by atoms with Crippen molar-refractivity contribution in [1.82, 2.24) is 20.4 Å². The SMILES string of the molecule is CN1CCCN(C)CCNC(O)C2(C(=O)NCC1)c1c2c2c3ccc4c5ccc6c7ccc8c9ccc%10c1c1c2c2c3c4c3c5c6c4c7c8c5c9c%10c1c1c5c4c3c21. The van der Waals surface area contributed by atoms with Gasteiger partial charge < -0.3 is 20.2 Å². The highest BCUT2D eigenvalue weighted by atomic mass is 16.3. The summed E-state index contributed by atoms with van der Waals surface area (Å²) in [6.07, 6.45) is -0.0128. The van der Waals surface area contributed by atoms with E-state index in [1.807, 2.05) is 0 Å². The molecule has 1 spiro atoms. The van der Waals surface area contributed by atoms with Crippen LogP contribution in [0.3, 0.4) is 0 Å². The lowest BCUT2D eigenvalue weighted by molar-refractivity contribution is -0.127. The number of likely N-dealkylation sites (N-methyl/N-ethyl adjacent to an activating group) is 2. The van der Waals surface area contributed by atoms with E-state index in [1.165, 1.54) is 162 Å². The third kappa shape index (κ3) is 2.36. The van der Waals surface area contributed by atoms with Crippen molar-refractivity contribution in [1.29, 1.82) is 0 Å². The molecule has 1 fully saturated rings. The number of nitrogens with one attached hydrogen (secondary N) is 2. The van der Waals surface area contributed by atoms with Crippen molar-refractivity contribution in [3.63, 3.8) is 0 Å². The summed E-state index contributed by atoms with van der Waals surface area (Å²) in [4.78, 5) is 20.0. The van der Waals surface area contributed by atoms with Crippen LogP contribution in [-0.2, 0) is 10.2 Å². The fraction of sp³-hybridized carbons (Fsp3) is 0.212. The molecule has 0 radical (unpaired) electrons. The van der Waals surface area contributed by atoms with Crippen molar-refractivity contribution >= 4 is 167 Å². The summed E-state index contributed by atoms with van der Waals surface area (Å²) >= 11 is 0. The zero-order valence-corrected chi connectivity index (χ0v) is 31.9. The number of aliphatic hydroxyl groups excluding tert-OH is 1. The molecule has 16 aromatic rings. The van der Waals surface area contributed by atoms with Gasteiger partial charge >= 0.3 is 0 Å². The van der Waals surface area contributed by atoms with E-state index in [-0.39, 0.29) is 5.91 Å². The van der Waals surface area contributed by atoms with Crippen LogP contribution < -0.4 is 10.6 Å². The lowest BCUT2D eigenvalue weighted by atomic mass is 9.90. The normalized spacial score (nSPS) is 20.8. The van der Waals surface area contributed by atoms with E-state index < -0.39 is 11.6 Å². The second-order valence-electron chi connectivity index (χ2n) is 19.0. The largest absolute Gasteiger partial charge is 0.377 e. The molecule has 0 bridgehead atoms. The molecule has 1 amide bonds. The molecule has 1 aliphatic heterocycles. The van der Waals surface area contributed by atoms with Crippen LogP contribution in [0, 0.1) is 0 Å². The van der Waals surface area contributed by atoms with Gasteiger partial charge in [-0.05, 0) is 206 Å². The Hall–Kier alpha value is -5.89. The molecule has 3 N–H and O–H groups in total. The Morgan fingerprint density at radius 1 is 0.448 bits per heavy atom. The number of rotatable bonds is 0. The van der Waals surface area contributed by atoms with Gasteiger partial charge in [0.05, 0.1) is 0 Å². The number of amides is 1. The molecule has 0 saturated carbocycles. The van der Waals surface area contributed by atoms with Gasteiger partial charge in [0.25, 0.3) is 0 Å². The van der Waals surface area contributed by atoms with E-state index in [0.717, 1.165) is 43.7 Å². The number of hydrogen-bond donors (Lipinski definition) is 3. The molecule has 58 heavy (non-hydrogen) atoms. The summed E-state index contributed by atoms with van der Waals surface area (Å²) in [5.74, 6) is -0.0848. The highest BCUT2D eigenvalue weighted by Gasteiger charge is 2.65. The molecule has 0 aromatic heterocycles. The number of nitrogens with zero attached hydrogens (tertiary/aromatic N) is 2. The maximum absolute atomic E-state index is 15.4. The van der Waals surface area contributed by atoms with Crippen molar-refractivity contribution in [3.8, 4) is 0 Å². The van der Waals surface area contributed by atoms with Crippen molar-refractivity contribution in [3.05, 3.63) is 59.7 Å². The van der Waals surface area contributed by atoms with E-state index in [2.05, 4.69) is 83.1 Å². The Kier molecular flexibility index (Phi) is 4.03. The number of benzene rings is 10. The van der Waals surface area contributed by atoms with Crippen LogP contribution in [0.15, 0.2) is 48.5 Å². The Morgan fingerprint density at radius 3 is 1.17 bits per heavy atom. The van der Waals surface area contributed by atoms with E-state index in [0.29, 0.717) is 13.1 Å². The highest BCUT2D eigenvalue weighted by Crippen LogP contribution is 2.72. The fourth-order valence-corrected chi connectivity index (χ4v) is 15.0. The lowest BCUT2D eigenvalue weighted by Gasteiger charge is -2.27. The molecule has 272 valence electrons. The van der Waals surface area contributed by atoms with Gasteiger partial charge in [-0.2, -0.15) is 0 Å². The van der Waals surface area contributed by atoms with Gasteiger partial charge in [0.2, 0.25) is 5.91 Å². The summed E-state index contributed by atoms with van der Waals surface area (Å²) in [6.45, 7) is 4.66. The summed E-state index contributed by atoms with van der Waals surface area (Å²) in [6, 6.07) is 19.2. The molecule has 6 nitrogen and oxygen atoms in total. The van der Waals surface area contributed by atoms with Crippen molar-refractivity contribution in [2.24, 2.45) is 0 Å². The van der Waals surface area contributed by atoms with Crippen LogP contribution >= 0.6 is 0 Å². The summed E-state index contributed by atoms with van der Waals surface area (Å²) in [5.41, 5.74) is 0.846. The number of hydrogen-bond acceptors (Lipinski definition) is 5. The molecule has 2 aliphatic rings. The average molecular weight is 745 g/mol. The standard InChI is InChI=1S/C52H32N4O2/c1-55-14-3-15-56(2)17-13-54-51(58)52(50(57)53-12-16-55)48-34-24-10-8-22-20-6-4-18-19-5-7-21-23-9-11-25-33-31(23)38-29(21)27(19)36-26(18)28(20)37-30(22)32(24)39-41(34)42(35(25)49(48)52)40(33)47-45(38)43(36)44(37)46(39)47/h4-11,50,53,57H,3,12-17H2,1-2H3,(H,54,58). The van der Waals surface area contributed by atoms with Crippen molar-refractivity contribution < 1.29 is 9.90 Å². The monoisotopic (exact) mass is 744 g/mol. The molecule has 1 unspecified atom stereocenters. The number of aliphatic hydroxyl groups is 1. The van der Waals surface area contributed by atoms with Gasteiger partial charge in [0.15, 0.2) is 0 Å². The van der Waals surface area contributed by atoms with E-state index in [4.69, 9.17) is 0 Å². The second-order valence-corrected chi connectivity index (χ2v) is 19.0. The van der Waals surface area contributed by atoms with Gasteiger partial charge in [0.1, 0.15) is 11.6 Å². The molecule has 18 rings (SSSR count). The maximum atomic E-state index is 15.4. The van der Waals surface area contributed by atoms with E-state index in [9.17, 15) is 5.11 Å². The molecule has 1 saturated heterocycles. The van der Waals surface area contributed by atoms with Gasteiger partial charge in [-0.1, -0.05) is 48.5 Å². The molecule has 1 heterocycles. The van der Waals surface area contributed by atoms with Crippen molar-refractivity contribution in [2.45, 2.75) is 18.1 Å². The number of carbonyl (C=O) groups excluding carboxylic acids is 1. The smallest absolute Gasteiger partial charge is 0.239 e. The zero-order valence-electron chi connectivity index (χ0n) is 31.9. The Bertz CT molecular complexity index is 4130. The van der Waals surface area contributed by atoms with Crippen LogP contribution in [-0.4, -0.2) is 80.4 Å². The van der Waals surface area contributed by atoms with Crippen molar-refractivity contribution in [2.75, 3.05) is 53.4 Å². The number of carbonyl (C=O) groups is 1. The predicted molar refractivity (Wildman–Crippen MR) is 242 cm³/mol. The molecule has 16 aromatic carbocycles. The van der Waals surface area contributed by atoms with E-state index in [1.54, 1.807) is 0 Å². The third-order valence-electron chi connectivity index (χ3n) is 16.9. The molecule has 1 aliphatic carbocycles. The van der Waals surface area contributed by atoms with Crippen LogP contribution in [0.5, 0.6) is 0 Å². The predicted octanol–water partition coefficient (Wildman–Crippen LogP) is 9.57. The topological polar surface area (TPSA) is 67.8 Å². The first-order valence-corrected chi connectivity index (χ1v) is 21.3. The summed E-state index contributed by atoms with van der Waals surface area (Å²) < 4.78 is 0. The quantitative estimate of drug-likeness (QED) is 0.135. The molecular formula is C52H32N4O2. The van der Waals surface area contributed by atoms with E-state index >= 15 is 4.79 Å². The first-order chi connectivity index (χ1) is 28.5. The Labute approximate surface area is 327 Å². The fourth-order valence-electron chi connectivity index (χ4n) is 15.0. The molecular weight excluding hydrogens is 713 g/mol. The second kappa shape index (κ2) is 8.20. The first kappa shape index (κ1) is 28.5. The van der Waals surface area contributed by atoms with Crippen LogP contribution in [0.1, 0.15) is 17.5 Å².